The standard InChI is InChI=1S/C13H17Br2NO/c1-17-13-11(14)6-9(7-12(13)15)8-16-10-4-2-3-5-10/h6-7,10,16H,2-5,8H2,1H3. The SMILES string of the molecule is COc1c(Br)cc(CNC2CCCC2)cc1Br. The van der Waals surface area contributed by atoms with E-state index in [0.717, 1.165) is 21.2 Å². The lowest BCUT2D eigenvalue weighted by molar-refractivity contribution is 0.409. The van der Waals surface area contributed by atoms with E-state index in [9.17, 15) is 0 Å². The first-order valence-corrected chi connectivity index (χ1v) is 7.54. The first-order valence-electron chi connectivity index (χ1n) is 5.96. The van der Waals surface area contributed by atoms with Crippen molar-refractivity contribution in [2.45, 2.75) is 38.3 Å². The molecule has 0 spiro atoms. The van der Waals surface area contributed by atoms with Crippen LogP contribution >= 0.6 is 31.9 Å². The number of hydrogen-bond acceptors (Lipinski definition) is 2. The Balaban J connectivity index is 2.01. The number of ether oxygens (including phenoxy) is 1. The van der Waals surface area contributed by atoms with Gasteiger partial charge in [-0.2, -0.15) is 0 Å². The highest BCUT2D eigenvalue weighted by molar-refractivity contribution is 9.11. The molecule has 0 amide bonds. The van der Waals surface area contributed by atoms with E-state index in [1.54, 1.807) is 7.11 Å². The average molecular weight is 363 g/mol. The third-order valence-corrected chi connectivity index (χ3v) is 4.39. The maximum absolute atomic E-state index is 5.29. The van der Waals surface area contributed by atoms with Gasteiger partial charge in [-0.1, -0.05) is 12.8 Å². The summed E-state index contributed by atoms with van der Waals surface area (Å²) in [6.45, 7) is 0.922. The molecule has 1 saturated carbocycles. The smallest absolute Gasteiger partial charge is 0.147 e. The number of hydrogen-bond donors (Lipinski definition) is 1. The van der Waals surface area contributed by atoms with E-state index in [1.165, 1.54) is 31.2 Å². The molecule has 0 unspecified atom stereocenters. The predicted molar refractivity (Wildman–Crippen MR) is 77.5 cm³/mol. The summed E-state index contributed by atoms with van der Waals surface area (Å²) in [6, 6.07) is 4.94. The molecular weight excluding hydrogens is 346 g/mol. The van der Waals surface area contributed by atoms with Crippen LogP contribution in [0.5, 0.6) is 5.75 Å². The molecule has 1 aliphatic rings. The molecule has 0 heterocycles. The molecule has 2 nitrogen and oxygen atoms in total. The molecule has 0 radical (unpaired) electrons. The van der Waals surface area contributed by atoms with Crippen LogP contribution in [0.2, 0.25) is 0 Å². The first-order chi connectivity index (χ1) is 8.20. The second-order valence-electron chi connectivity index (χ2n) is 4.45. The third-order valence-electron chi connectivity index (χ3n) is 3.21. The molecule has 1 N–H and O–H groups in total. The fourth-order valence-corrected chi connectivity index (χ4v) is 3.91. The summed E-state index contributed by atoms with van der Waals surface area (Å²) < 4.78 is 7.29. The highest BCUT2D eigenvalue weighted by Crippen LogP contribution is 2.34. The Hall–Kier alpha value is -0.0600. The molecule has 1 fully saturated rings. The molecule has 2 rings (SSSR count). The van der Waals surface area contributed by atoms with E-state index >= 15 is 0 Å². The zero-order chi connectivity index (χ0) is 12.3. The van der Waals surface area contributed by atoms with E-state index in [2.05, 4.69) is 49.3 Å². The van der Waals surface area contributed by atoms with Crippen LogP contribution in [0.1, 0.15) is 31.2 Å². The minimum atomic E-state index is 0.703. The second-order valence-corrected chi connectivity index (χ2v) is 6.16. The van der Waals surface area contributed by atoms with Gasteiger partial charge in [-0.3, -0.25) is 0 Å². The normalized spacial score (nSPS) is 16.4. The lowest BCUT2D eigenvalue weighted by Gasteiger charge is -2.13. The Labute approximate surface area is 119 Å². The number of nitrogens with one attached hydrogen (secondary N) is 1. The van der Waals surface area contributed by atoms with Crippen molar-refractivity contribution in [3.8, 4) is 5.75 Å². The molecule has 0 bridgehead atoms. The van der Waals surface area contributed by atoms with Crippen molar-refractivity contribution in [3.63, 3.8) is 0 Å². The van der Waals surface area contributed by atoms with Gasteiger partial charge in [0, 0.05) is 12.6 Å². The van der Waals surface area contributed by atoms with Gasteiger partial charge in [-0.15, -0.1) is 0 Å². The highest BCUT2D eigenvalue weighted by atomic mass is 79.9. The van der Waals surface area contributed by atoms with Gasteiger partial charge < -0.3 is 10.1 Å². The minimum absolute atomic E-state index is 0.703. The third kappa shape index (κ3) is 3.46. The summed E-state index contributed by atoms with van der Waals surface area (Å²) in [4.78, 5) is 0. The van der Waals surface area contributed by atoms with E-state index in [4.69, 9.17) is 4.74 Å². The molecule has 0 aliphatic heterocycles. The van der Waals surface area contributed by atoms with E-state index < -0.39 is 0 Å². The predicted octanol–water partition coefficient (Wildman–Crippen LogP) is 4.25. The van der Waals surface area contributed by atoms with Crippen molar-refractivity contribution < 1.29 is 4.74 Å². The van der Waals surface area contributed by atoms with Crippen LogP contribution in [0.25, 0.3) is 0 Å². The summed E-state index contributed by atoms with van der Waals surface area (Å²) in [5.74, 6) is 0.856. The Morgan fingerprint density at radius 1 is 1.24 bits per heavy atom. The van der Waals surface area contributed by atoms with Gasteiger partial charge in [0.1, 0.15) is 5.75 Å². The molecule has 17 heavy (non-hydrogen) atoms. The zero-order valence-corrected chi connectivity index (χ0v) is 13.1. The summed E-state index contributed by atoms with van der Waals surface area (Å²) in [7, 11) is 1.68. The maximum atomic E-state index is 5.29. The van der Waals surface area contributed by atoms with Crippen molar-refractivity contribution in [2.24, 2.45) is 0 Å². The summed E-state index contributed by atoms with van der Waals surface area (Å²) in [5, 5.41) is 3.61. The van der Waals surface area contributed by atoms with Gasteiger partial charge in [0.15, 0.2) is 0 Å². The Kier molecular flexibility index (Phi) is 4.88. The van der Waals surface area contributed by atoms with Gasteiger partial charge in [0.2, 0.25) is 0 Å². The largest absolute Gasteiger partial charge is 0.494 e. The highest BCUT2D eigenvalue weighted by Gasteiger charge is 2.14. The van der Waals surface area contributed by atoms with Crippen molar-refractivity contribution in [2.75, 3.05) is 7.11 Å². The topological polar surface area (TPSA) is 21.3 Å². The van der Waals surface area contributed by atoms with Crippen molar-refractivity contribution in [1.29, 1.82) is 0 Å². The summed E-state index contributed by atoms with van der Waals surface area (Å²) in [6.07, 6.45) is 5.37. The molecule has 0 aromatic heterocycles. The molecule has 1 aliphatic carbocycles. The van der Waals surface area contributed by atoms with Crippen molar-refractivity contribution in [1.82, 2.24) is 5.32 Å². The molecule has 0 atom stereocenters. The summed E-state index contributed by atoms with van der Waals surface area (Å²) >= 11 is 7.06. The molecule has 0 saturated heterocycles. The monoisotopic (exact) mass is 361 g/mol. The van der Waals surface area contributed by atoms with E-state index in [0.29, 0.717) is 6.04 Å². The number of methoxy groups -OCH3 is 1. The summed E-state index contributed by atoms with van der Waals surface area (Å²) in [5.41, 5.74) is 1.27. The number of rotatable bonds is 4. The van der Waals surface area contributed by atoms with Crippen LogP contribution < -0.4 is 10.1 Å². The fraction of sp³-hybridized carbons (Fsp3) is 0.538. The van der Waals surface area contributed by atoms with Crippen LogP contribution in [0.15, 0.2) is 21.1 Å². The van der Waals surface area contributed by atoms with Gasteiger partial charge in [0.25, 0.3) is 0 Å². The Morgan fingerprint density at radius 2 is 1.82 bits per heavy atom. The minimum Gasteiger partial charge on any atom is -0.494 e. The Morgan fingerprint density at radius 3 is 2.35 bits per heavy atom. The second kappa shape index (κ2) is 6.21. The van der Waals surface area contributed by atoms with Gasteiger partial charge >= 0.3 is 0 Å². The lowest BCUT2D eigenvalue weighted by Crippen LogP contribution is -2.25. The van der Waals surface area contributed by atoms with Crippen molar-refractivity contribution in [3.05, 3.63) is 26.6 Å². The van der Waals surface area contributed by atoms with Crippen LogP contribution in [-0.2, 0) is 6.54 Å². The van der Waals surface area contributed by atoms with Crippen molar-refractivity contribution >= 4 is 31.9 Å². The van der Waals surface area contributed by atoms with Crippen LogP contribution in [0.3, 0.4) is 0 Å². The molecule has 1 aromatic carbocycles. The maximum Gasteiger partial charge on any atom is 0.147 e. The molecule has 1 aromatic rings. The fourth-order valence-electron chi connectivity index (χ4n) is 2.30. The van der Waals surface area contributed by atoms with E-state index in [1.807, 2.05) is 0 Å². The quantitative estimate of drug-likeness (QED) is 0.864. The van der Waals surface area contributed by atoms with Gasteiger partial charge in [0.05, 0.1) is 16.1 Å². The molecule has 4 heteroatoms. The van der Waals surface area contributed by atoms with E-state index in [-0.39, 0.29) is 0 Å². The zero-order valence-electron chi connectivity index (χ0n) is 9.93. The van der Waals surface area contributed by atoms with Crippen LogP contribution in [-0.4, -0.2) is 13.2 Å². The lowest BCUT2D eigenvalue weighted by atomic mass is 10.2. The van der Waals surface area contributed by atoms with Gasteiger partial charge in [-0.05, 0) is 62.4 Å². The molecular formula is C13H17Br2NO. The average Bonchev–Trinajstić information content (AvgIpc) is 2.79. The van der Waals surface area contributed by atoms with Gasteiger partial charge in [-0.25, -0.2) is 0 Å². The van der Waals surface area contributed by atoms with Crippen LogP contribution in [0.4, 0.5) is 0 Å². The van der Waals surface area contributed by atoms with Crippen LogP contribution in [0, 0.1) is 0 Å². The number of benzene rings is 1. The number of halogens is 2. The Bertz CT molecular complexity index is 366. The first kappa shape index (κ1) is 13.4. The molecule has 94 valence electrons.